The molecule has 0 unspecified atom stereocenters. The number of phenols is 2. The largest absolute Gasteiger partial charge is 0.506 e. The van der Waals surface area contributed by atoms with Crippen LogP contribution in [0.15, 0.2) is 99.9 Å². The van der Waals surface area contributed by atoms with Crippen molar-refractivity contribution in [2.75, 3.05) is 17.1 Å². The maximum Gasteiger partial charge on any atom is 0.291 e. The molecule has 0 atom stereocenters. The molecule has 0 saturated heterocycles. The van der Waals surface area contributed by atoms with Gasteiger partial charge in [-0.25, -0.2) is 36.5 Å². The van der Waals surface area contributed by atoms with Crippen LogP contribution in [-0.4, -0.2) is 56.1 Å². The minimum atomic E-state index is -0.845. The predicted octanol–water partition coefficient (Wildman–Crippen LogP) is 2.08. The van der Waals surface area contributed by atoms with Crippen molar-refractivity contribution >= 4 is 62.9 Å². The number of amides is 1. The molecular weight excluding hydrogens is 636 g/mol. The average Bonchev–Trinajstić information content (AvgIpc) is 3.88. The van der Waals surface area contributed by atoms with Crippen molar-refractivity contribution in [3.05, 3.63) is 101 Å². The molecule has 49 heavy (non-hydrogen) atoms. The van der Waals surface area contributed by atoms with Crippen LogP contribution < -0.4 is 47.8 Å². The lowest BCUT2D eigenvalue weighted by molar-refractivity contribution is 0.0701. The van der Waals surface area contributed by atoms with E-state index in [-0.39, 0.29) is 28.1 Å². The molecule has 5 heterocycles. The van der Waals surface area contributed by atoms with Crippen LogP contribution in [0, 0.1) is 0 Å². The Morgan fingerprint density at radius 2 is 1.37 bits per heavy atom. The van der Waals surface area contributed by atoms with Crippen molar-refractivity contribution in [1.82, 2.24) is 42.6 Å². The molecule has 9 N–H and O–H groups in total. The van der Waals surface area contributed by atoms with Crippen molar-refractivity contribution in [2.45, 2.75) is 0 Å². The second-order valence-corrected chi connectivity index (χ2v) is 10.1. The van der Waals surface area contributed by atoms with E-state index < -0.39 is 11.3 Å². The summed E-state index contributed by atoms with van der Waals surface area (Å²) in [5, 5.41) is 40.8. The molecule has 0 bridgehead atoms. The number of ether oxygens (including phenoxy) is 1. The Morgan fingerprint density at radius 1 is 0.776 bits per heavy atom. The Hall–Kier alpha value is -7.02. The van der Waals surface area contributed by atoms with Gasteiger partial charge in [-0.2, -0.15) is 10.2 Å². The van der Waals surface area contributed by atoms with Gasteiger partial charge in [-0.05, 0) is 48.5 Å². The number of para-hydroxylation sites is 3. The van der Waals surface area contributed by atoms with Crippen LogP contribution in [-0.2, 0) is 0 Å². The number of rotatable bonds is 4. The number of carbonyl (C=O) groups excluding carboxylic acids is 1. The highest BCUT2D eigenvalue weighted by atomic mass is 16.5. The normalized spacial score (nSPS) is 12.9. The molecule has 248 valence electrons. The lowest BCUT2D eigenvalue weighted by Gasteiger charge is -2.13. The lowest BCUT2D eigenvalue weighted by Crippen LogP contribution is -2.37. The van der Waals surface area contributed by atoms with Gasteiger partial charge in [-0.15, -0.1) is 11.1 Å². The fourth-order valence-corrected chi connectivity index (χ4v) is 4.73. The number of phenolic OH excluding ortho intramolecular Hbond substituents is 2. The highest BCUT2D eigenvalue weighted by molar-refractivity contribution is 5.95. The summed E-state index contributed by atoms with van der Waals surface area (Å²) in [7, 11) is 1.64. The van der Waals surface area contributed by atoms with Crippen LogP contribution in [0.4, 0.5) is 11.6 Å². The number of hydroxylamine groups is 1. The zero-order valence-corrected chi connectivity index (χ0v) is 25.5. The maximum absolute atomic E-state index is 11.6. The zero-order chi connectivity index (χ0) is 34.3. The van der Waals surface area contributed by atoms with Gasteiger partial charge in [-0.3, -0.25) is 14.8 Å². The van der Waals surface area contributed by atoms with E-state index >= 15 is 0 Å². The molecule has 3 aromatic carbocycles. The third-order valence-corrected chi connectivity index (χ3v) is 7.07. The van der Waals surface area contributed by atoms with Gasteiger partial charge < -0.3 is 19.9 Å². The Morgan fingerprint density at radius 3 is 1.98 bits per heavy atom. The molecule has 2 aliphatic rings. The van der Waals surface area contributed by atoms with Gasteiger partial charge in [0.1, 0.15) is 46.7 Å². The summed E-state index contributed by atoms with van der Waals surface area (Å²) >= 11 is 0. The number of fused-ring (bicyclic) bond motifs is 3. The first-order valence-corrected chi connectivity index (χ1v) is 14.3. The molecule has 0 saturated carbocycles. The Kier molecular flexibility index (Phi) is 9.24. The van der Waals surface area contributed by atoms with Gasteiger partial charge in [0, 0.05) is 22.2 Å². The number of nitrogens with zero attached hydrogens (tertiary/aromatic N) is 6. The Labute approximate surface area is 275 Å². The number of aromatic nitrogens is 3. The number of hydrogen-bond acceptors (Lipinski definition) is 16. The smallest absolute Gasteiger partial charge is 0.291 e. The molecule has 6 aromatic rings. The third kappa shape index (κ3) is 6.90. The third-order valence-electron chi connectivity index (χ3n) is 7.07. The number of carbonyl (C=O) groups is 1. The van der Waals surface area contributed by atoms with Crippen LogP contribution >= 0.6 is 0 Å². The summed E-state index contributed by atoms with van der Waals surface area (Å²) in [6, 6.07) is 24.3. The number of pyridine rings is 3. The van der Waals surface area contributed by atoms with Crippen LogP contribution in [0.5, 0.6) is 17.2 Å². The van der Waals surface area contributed by atoms with Gasteiger partial charge in [0.25, 0.3) is 5.91 Å². The van der Waals surface area contributed by atoms with Crippen molar-refractivity contribution in [2.24, 2.45) is 10.2 Å². The number of anilines is 2. The topological polar surface area (TPSA) is 237 Å². The number of aromatic hydroxyl groups is 2. The summed E-state index contributed by atoms with van der Waals surface area (Å²) in [4.78, 5) is 34.1. The highest BCUT2D eigenvalue weighted by Crippen LogP contribution is 2.26. The van der Waals surface area contributed by atoms with Gasteiger partial charge in [0.2, 0.25) is 0 Å². The van der Waals surface area contributed by atoms with Crippen LogP contribution in [0.3, 0.4) is 0 Å². The summed E-state index contributed by atoms with van der Waals surface area (Å²) in [5.41, 5.74) is 13.2. The fourth-order valence-electron chi connectivity index (χ4n) is 4.73. The second kappa shape index (κ2) is 14.2. The summed E-state index contributed by atoms with van der Waals surface area (Å²) in [6.07, 6.45) is 3.18. The molecule has 18 nitrogen and oxygen atoms in total. The summed E-state index contributed by atoms with van der Waals surface area (Å²) < 4.78 is 5.29. The molecule has 0 radical (unpaired) electrons. The molecular formula is C31H28N12O6. The molecule has 2 aliphatic heterocycles. The van der Waals surface area contributed by atoms with Gasteiger partial charge in [0.15, 0.2) is 17.1 Å². The average molecular weight is 665 g/mol. The number of aromatic amines is 1. The second-order valence-electron chi connectivity index (χ2n) is 10.1. The molecule has 0 fully saturated rings. The number of nitrogens with one attached hydrogen (secondary N) is 6. The number of benzene rings is 3. The number of hydrazine groups is 4. The summed E-state index contributed by atoms with van der Waals surface area (Å²) in [5.74, 6) is 1.35. The predicted molar refractivity (Wildman–Crippen MR) is 182 cm³/mol. The number of H-pyrrole nitrogens is 1. The van der Waals surface area contributed by atoms with E-state index in [0.29, 0.717) is 11.3 Å². The van der Waals surface area contributed by atoms with E-state index in [1.807, 2.05) is 48.5 Å². The van der Waals surface area contributed by atoms with E-state index in [4.69, 9.17) is 9.94 Å². The first-order valence-electron chi connectivity index (χ1n) is 14.3. The fraction of sp³-hybridized carbons (Fsp3) is 0.0323. The lowest BCUT2D eigenvalue weighted by atomic mass is 10.2. The van der Waals surface area contributed by atoms with E-state index in [0.717, 1.165) is 33.9 Å². The highest BCUT2D eigenvalue weighted by Gasteiger charge is 2.13. The van der Waals surface area contributed by atoms with E-state index in [9.17, 15) is 19.8 Å². The molecule has 0 spiro atoms. The van der Waals surface area contributed by atoms with Crippen LogP contribution in [0.1, 0.15) is 10.5 Å². The van der Waals surface area contributed by atoms with Crippen molar-refractivity contribution in [1.29, 1.82) is 0 Å². The number of hydrogen-bond donors (Lipinski definition) is 9. The minimum Gasteiger partial charge on any atom is -0.506 e. The zero-order valence-electron chi connectivity index (χ0n) is 25.5. The first kappa shape index (κ1) is 31.9. The number of hydrazone groups is 2. The van der Waals surface area contributed by atoms with Crippen molar-refractivity contribution in [3.63, 3.8) is 0 Å². The van der Waals surface area contributed by atoms with E-state index in [1.54, 1.807) is 41.9 Å². The SMILES string of the molecule is COc1cccc2ccc(N3C=NNN3)nc12.O=C(NO)c1cc(=O)c2cccc(O)c2[nH]1.Oc1cccc2ccc(N3C=NNN3)nc12. The molecule has 1 amide bonds. The van der Waals surface area contributed by atoms with Crippen LogP contribution in [0.2, 0.25) is 0 Å². The standard InChI is InChI=1S/C11H11N5O.C10H9N5O.C10H8N2O4/c1-17-9-4-2-3-8-5-6-10(13-11(8)9)16-7-12-14-15-16;16-8-3-1-2-7-4-5-9(12-10(7)8)15-6-11-13-14-15;13-7-3-1-2-5-8(14)4-6(10(15)12-16)11-9(5)7/h2-7,14-15H,1H3;1-6,13-14,16H;1-4,13,16H,(H,11,14)(H,12,15). The summed E-state index contributed by atoms with van der Waals surface area (Å²) in [6.45, 7) is 0. The minimum absolute atomic E-state index is 0.124. The maximum atomic E-state index is 11.6. The Balaban J connectivity index is 0.000000128. The first-order chi connectivity index (χ1) is 23.9. The molecule has 3 aromatic heterocycles. The molecule has 8 rings (SSSR count). The number of methoxy groups -OCH3 is 1. The molecule has 18 heteroatoms. The van der Waals surface area contributed by atoms with Crippen LogP contribution in [0.25, 0.3) is 32.7 Å². The quantitative estimate of drug-likeness (QED) is 0.0969. The van der Waals surface area contributed by atoms with Gasteiger partial charge in [0.05, 0.1) is 12.6 Å². The van der Waals surface area contributed by atoms with E-state index in [1.165, 1.54) is 23.7 Å². The van der Waals surface area contributed by atoms with Crippen molar-refractivity contribution in [3.8, 4) is 17.2 Å². The molecule has 0 aliphatic carbocycles. The Bertz CT molecular complexity index is 2280. The van der Waals surface area contributed by atoms with Gasteiger partial charge in [-0.1, -0.05) is 30.3 Å². The van der Waals surface area contributed by atoms with E-state index in [2.05, 4.69) is 47.3 Å². The monoisotopic (exact) mass is 664 g/mol. The van der Waals surface area contributed by atoms with Crippen molar-refractivity contribution < 1.29 is 25.0 Å². The van der Waals surface area contributed by atoms with Gasteiger partial charge >= 0.3 is 0 Å².